The number of hydrogen-bond acceptors (Lipinski definition) is 4. The summed E-state index contributed by atoms with van der Waals surface area (Å²) < 4.78 is 29.1. The molecule has 2 heterocycles. The van der Waals surface area contributed by atoms with Crippen molar-refractivity contribution in [2.45, 2.75) is 5.25 Å². The summed E-state index contributed by atoms with van der Waals surface area (Å²) in [5.41, 5.74) is 2.52. The molecule has 1 N–H and O–H groups in total. The van der Waals surface area contributed by atoms with Gasteiger partial charge in [0.15, 0.2) is 0 Å². The predicted octanol–water partition coefficient (Wildman–Crippen LogP) is 4.31. The minimum Gasteiger partial charge on any atom is -0.368 e. The summed E-state index contributed by atoms with van der Waals surface area (Å²) in [6.07, 6.45) is 3.20. The number of fused-ring (bicyclic) bond motifs is 2. The van der Waals surface area contributed by atoms with Gasteiger partial charge in [0.25, 0.3) is 0 Å². The van der Waals surface area contributed by atoms with Crippen molar-refractivity contribution in [3.8, 4) is 0 Å². The number of hydrogen-bond donors (Lipinski definition) is 1. The molecular weight excluding hydrogens is 406 g/mol. The van der Waals surface area contributed by atoms with Crippen molar-refractivity contribution in [3.63, 3.8) is 0 Å². The number of nitrogens with one attached hydrogen (secondary N) is 1. The van der Waals surface area contributed by atoms with Crippen LogP contribution >= 0.6 is 0 Å². The van der Waals surface area contributed by atoms with Crippen molar-refractivity contribution in [3.05, 3.63) is 91.1 Å². The first-order valence-electron chi connectivity index (χ1n) is 10.5. The highest BCUT2D eigenvalue weighted by molar-refractivity contribution is 7.90. The van der Waals surface area contributed by atoms with Gasteiger partial charge in [0.1, 0.15) is 5.25 Å². The molecule has 1 aliphatic rings. The summed E-state index contributed by atoms with van der Waals surface area (Å²) >= 11 is 0. The predicted molar refractivity (Wildman–Crippen MR) is 128 cm³/mol. The van der Waals surface area contributed by atoms with E-state index >= 15 is 0 Å². The largest absolute Gasteiger partial charge is 0.368 e. The molecule has 1 saturated heterocycles. The molecular formula is C25H25N3O2S. The summed E-state index contributed by atoms with van der Waals surface area (Å²) in [7, 11) is -3.76. The zero-order chi connectivity index (χ0) is 21.4. The number of aromatic nitrogens is 1. The SMILES string of the molecule is C=CC(c1cccc2ccccc12)S(=O)(=O)n1ccc2c(N3CCNCC3)cccc21. The Morgan fingerprint density at radius 2 is 1.65 bits per heavy atom. The van der Waals surface area contributed by atoms with Crippen molar-refractivity contribution >= 4 is 37.4 Å². The van der Waals surface area contributed by atoms with Gasteiger partial charge in [0.2, 0.25) is 10.0 Å². The molecule has 0 bridgehead atoms. The standard InChI is InChI=1S/C25H25N3O2S/c1-2-25(21-10-5-8-19-7-3-4-9-20(19)21)31(29,30)28-16-13-22-23(11-6-12-24(22)28)27-17-14-26-15-18-27/h2-13,16,25-26H,1,14-15,17-18H2. The van der Waals surface area contributed by atoms with E-state index in [4.69, 9.17) is 0 Å². The molecule has 5 nitrogen and oxygen atoms in total. The summed E-state index contributed by atoms with van der Waals surface area (Å²) in [6.45, 7) is 7.55. The molecule has 6 heteroatoms. The van der Waals surface area contributed by atoms with Gasteiger partial charge in [0, 0.05) is 43.4 Å². The Kier molecular flexibility index (Phi) is 5.04. The van der Waals surface area contributed by atoms with Gasteiger partial charge >= 0.3 is 0 Å². The smallest absolute Gasteiger partial charge is 0.249 e. The molecule has 4 aromatic rings. The van der Waals surface area contributed by atoms with Gasteiger partial charge in [-0.1, -0.05) is 54.6 Å². The van der Waals surface area contributed by atoms with E-state index in [0.717, 1.165) is 53.6 Å². The van der Waals surface area contributed by atoms with Crippen LogP contribution in [-0.2, 0) is 10.0 Å². The molecule has 0 radical (unpaired) electrons. The van der Waals surface area contributed by atoms with Crippen LogP contribution in [0.2, 0.25) is 0 Å². The third kappa shape index (κ3) is 3.32. The highest BCUT2D eigenvalue weighted by atomic mass is 32.2. The molecule has 1 atom stereocenters. The molecule has 1 aliphatic heterocycles. The number of anilines is 1. The van der Waals surface area contributed by atoms with E-state index in [2.05, 4.69) is 22.9 Å². The molecule has 1 aromatic heterocycles. The maximum Gasteiger partial charge on any atom is 0.249 e. The zero-order valence-corrected chi connectivity index (χ0v) is 18.1. The lowest BCUT2D eigenvalue weighted by Gasteiger charge is -2.30. The average molecular weight is 432 g/mol. The maximum absolute atomic E-state index is 13.8. The van der Waals surface area contributed by atoms with Crippen LogP contribution in [0.4, 0.5) is 5.69 Å². The monoisotopic (exact) mass is 431 g/mol. The van der Waals surface area contributed by atoms with Gasteiger partial charge in [-0.25, -0.2) is 12.4 Å². The first-order valence-corrected chi connectivity index (χ1v) is 12.0. The van der Waals surface area contributed by atoms with Crippen LogP contribution in [0.25, 0.3) is 21.7 Å². The quantitative estimate of drug-likeness (QED) is 0.479. The van der Waals surface area contributed by atoms with Crippen molar-refractivity contribution in [2.24, 2.45) is 0 Å². The van der Waals surface area contributed by atoms with Crippen LogP contribution in [0.3, 0.4) is 0 Å². The lowest BCUT2D eigenvalue weighted by atomic mass is 10.0. The Morgan fingerprint density at radius 1 is 0.903 bits per heavy atom. The van der Waals surface area contributed by atoms with Crippen LogP contribution < -0.4 is 10.2 Å². The fourth-order valence-corrected chi connectivity index (χ4v) is 6.24. The van der Waals surface area contributed by atoms with E-state index < -0.39 is 15.3 Å². The van der Waals surface area contributed by atoms with Gasteiger partial charge in [0.05, 0.1) is 5.52 Å². The van der Waals surface area contributed by atoms with Crippen LogP contribution in [-0.4, -0.2) is 38.6 Å². The van der Waals surface area contributed by atoms with E-state index in [-0.39, 0.29) is 0 Å². The molecule has 0 aliphatic carbocycles. The lowest BCUT2D eigenvalue weighted by Crippen LogP contribution is -2.43. The average Bonchev–Trinajstić information content (AvgIpc) is 3.25. The van der Waals surface area contributed by atoms with Crippen molar-refractivity contribution in [1.82, 2.24) is 9.29 Å². The van der Waals surface area contributed by atoms with Gasteiger partial charge in [-0.3, -0.25) is 0 Å². The van der Waals surface area contributed by atoms with Gasteiger partial charge in [-0.15, -0.1) is 6.58 Å². The van der Waals surface area contributed by atoms with Crippen LogP contribution in [0.15, 0.2) is 85.6 Å². The Balaban J connectivity index is 1.64. The highest BCUT2D eigenvalue weighted by Crippen LogP contribution is 2.35. The van der Waals surface area contributed by atoms with Crippen molar-refractivity contribution in [1.29, 1.82) is 0 Å². The summed E-state index contributed by atoms with van der Waals surface area (Å²) in [5.74, 6) is 0. The summed E-state index contributed by atoms with van der Waals surface area (Å²) in [4.78, 5) is 2.31. The molecule has 5 rings (SSSR count). The first-order chi connectivity index (χ1) is 15.1. The van der Waals surface area contributed by atoms with Crippen LogP contribution in [0.1, 0.15) is 10.8 Å². The number of rotatable bonds is 5. The first kappa shape index (κ1) is 19.8. The Morgan fingerprint density at radius 3 is 2.45 bits per heavy atom. The number of piperazine rings is 1. The second-order valence-electron chi connectivity index (χ2n) is 7.83. The fraction of sp³-hybridized carbons (Fsp3) is 0.200. The minimum atomic E-state index is -3.76. The summed E-state index contributed by atoms with van der Waals surface area (Å²) in [5, 5.41) is 5.41. The maximum atomic E-state index is 13.8. The zero-order valence-electron chi connectivity index (χ0n) is 17.2. The summed E-state index contributed by atoms with van der Waals surface area (Å²) in [6, 6.07) is 21.4. The third-order valence-corrected chi connectivity index (χ3v) is 8.03. The number of nitrogens with zero attached hydrogens (tertiary/aromatic N) is 2. The highest BCUT2D eigenvalue weighted by Gasteiger charge is 2.29. The van der Waals surface area contributed by atoms with Gasteiger partial charge < -0.3 is 10.2 Å². The number of benzene rings is 3. The molecule has 0 spiro atoms. The van der Waals surface area contributed by atoms with Crippen LogP contribution in [0, 0.1) is 0 Å². The third-order valence-electron chi connectivity index (χ3n) is 6.07. The van der Waals surface area contributed by atoms with Crippen LogP contribution in [0.5, 0.6) is 0 Å². The molecule has 1 unspecified atom stereocenters. The van der Waals surface area contributed by atoms with Crippen molar-refractivity contribution in [2.75, 3.05) is 31.1 Å². The van der Waals surface area contributed by atoms with E-state index in [0.29, 0.717) is 5.52 Å². The molecule has 31 heavy (non-hydrogen) atoms. The van der Waals surface area contributed by atoms with E-state index in [9.17, 15) is 8.42 Å². The second-order valence-corrected chi connectivity index (χ2v) is 9.76. The van der Waals surface area contributed by atoms with Gasteiger partial charge in [-0.05, 0) is 34.5 Å². The minimum absolute atomic E-state index is 0.697. The molecule has 1 fully saturated rings. The van der Waals surface area contributed by atoms with E-state index in [1.54, 1.807) is 6.20 Å². The van der Waals surface area contributed by atoms with Crippen molar-refractivity contribution < 1.29 is 8.42 Å². The fourth-order valence-electron chi connectivity index (χ4n) is 4.56. The Hall–Kier alpha value is -3.09. The lowest BCUT2D eigenvalue weighted by molar-refractivity contribution is 0.583. The Labute approximate surface area is 182 Å². The second kappa shape index (κ2) is 7.87. The Bertz CT molecular complexity index is 1360. The molecule has 0 amide bonds. The topological polar surface area (TPSA) is 54.3 Å². The normalized spacial score (nSPS) is 15.9. The molecule has 0 saturated carbocycles. The van der Waals surface area contributed by atoms with Gasteiger partial charge in [-0.2, -0.15) is 0 Å². The molecule has 3 aromatic carbocycles. The van der Waals surface area contributed by atoms with E-state index in [1.165, 1.54) is 10.0 Å². The molecule has 158 valence electrons. The van der Waals surface area contributed by atoms with E-state index in [1.807, 2.05) is 60.7 Å².